The number of carboxylic acids is 1. The summed E-state index contributed by atoms with van der Waals surface area (Å²) in [7, 11) is 0. The van der Waals surface area contributed by atoms with E-state index in [-0.39, 0.29) is 6.42 Å². The van der Waals surface area contributed by atoms with Crippen LogP contribution in [0.4, 0.5) is 0 Å². The number of hydrogen-bond donors (Lipinski definition) is 4. The molecule has 0 amide bonds. The largest absolute Gasteiger partial charge is 0.480 e. The van der Waals surface area contributed by atoms with Gasteiger partial charge in [-0.15, -0.1) is 0 Å². The molecule has 0 rings (SSSR count). The van der Waals surface area contributed by atoms with Crippen LogP contribution in [0.1, 0.15) is 6.42 Å². The van der Waals surface area contributed by atoms with Crippen molar-refractivity contribution in [3.63, 3.8) is 0 Å². The van der Waals surface area contributed by atoms with E-state index in [2.05, 4.69) is 12.6 Å². The molecule has 0 aromatic carbocycles. The molecule has 0 aromatic heterocycles. The molecule has 0 aromatic rings. The molecule has 0 aliphatic rings. The molecule has 2 atom stereocenters. The van der Waals surface area contributed by atoms with E-state index in [4.69, 9.17) is 15.3 Å². The Morgan fingerprint density at radius 1 is 1.60 bits per heavy atom. The van der Waals surface area contributed by atoms with Crippen LogP contribution in [0.5, 0.6) is 0 Å². The topological polar surface area (TPSA) is 77.8 Å². The highest BCUT2D eigenvalue weighted by Gasteiger charge is 2.15. The molecule has 5 heteroatoms. The third kappa shape index (κ3) is 3.71. The number of thiol groups is 1. The molecule has 0 saturated carbocycles. The van der Waals surface area contributed by atoms with E-state index >= 15 is 0 Å². The zero-order valence-electron chi connectivity index (χ0n) is 5.27. The average Bonchev–Trinajstić information content (AvgIpc) is 1.87. The fourth-order valence-electron chi connectivity index (χ4n) is 0.433. The zero-order valence-corrected chi connectivity index (χ0v) is 6.16. The molecule has 0 radical (unpaired) electrons. The second-order valence-corrected chi connectivity index (χ2v) is 2.55. The molecular weight excluding hydrogens is 156 g/mol. The summed E-state index contributed by atoms with van der Waals surface area (Å²) in [6.45, 7) is -0.426. The average molecular weight is 166 g/mol. The third-order valence-electron chi connectivity index (χ3n) is 0.991. The van der Waals surface area contributed by atoms with Gasteiger partial charge in [0.05, 0.1) is 12.7 Å². The SMILES string of the molecule is O=C(O)C(S)CC(O)CO. The van der Waals surface area contributed by atoms with Gasteiger partial charge in [-0.05, 0) is 6.42 Å². The van der Waals surface area contributed by atoms with Crippen molar-refractivity contribution in [2.75, 3.05) is 6.61 Å². The summed E-state index contributed by atoms with van der Waals surface area (Å²) < 4.78 is 0. The predicted octanol–water partition coefficient (Wildman–Crippen LogP) is -0.887. The lowest BCUT2D eigenvalue weighted by Gasteiger charge is -2.08. The lowest BCUT2D eigenvalue weighted by atomic mass is 10.2. The van der Waals surface area contributed by atoms with Crippen LogP contribution in [0.25, 0.3) is 0 Å². The molecular formula is C5H10O4S. The Labute approximate surface area is 63.9 Å². The van der Waals surface area contributed by atoms with Crippen LogP contribution < -0.4 is 0 Å². The number of aliphatic hydroxyl groups is 2. The third-order valence-corrected chi connectivity index (χ3v) is 1.42. The highest BCUT2D eigenvalue weighted by atomic mass is 32.1. The minimum Gasteiger partial charge on any atom is -0.480 e. The Morgan fingerprint density at radius 2 is 2.10 bits per heavy atom. The van der Waals surface area contributed by atoms with E-state index in [0.717, 1.165) is 0 Å². The van der Waals surface area contributed by atoms with Crippen molar-refractivity contribution in [1.82, 2.24) is 0 Å². The van der Waals surface area contributed by atoms with Crippen molar-refractivity contribution in [2.45, 2.75) is 17.8 Å². The van der Waals surface area contributed by atoms with Crippen LogP contribution in [0, 0.1) is 0 Å². The maximum Gasteiger partial charge on any atom is 0.316 e. The van der Waals surface area contributed by atoms with Crippen LogP contribution in [0.3, 0.4) is 0 Å². The van der Waals surface area contributed by atoms with Crippen LogP contribution in [-0.2, 0) is 4.79 Å². The summed E-state index contributed by atoms with van der Waals surface area (Å²) in [6, 6.07) is 0. The number of hydrogen-bond acceptors (Lipinski definition) is 4. The first-order valence-electron chi connectivity index (χ1n) is 2.77. The standard InChI is InChI=1S/C5H10O4S/c6-2-3(7)1-4(10)5(8)9/h3-4,6-7,10H,1-2H2,(H,8,9). The predicted molar refractivity (Wildman–Crippen MR) is 38.1 cm³/mol. The summed E-state index contributed by atoms with van der Waals surface area (Å²) in [5, 5.41) is 24.4. The minimum atomic E-state index is -1.09. The first kappa shape index (κ1) is 9.74. The van der Waals surface area contributed by atoms with Crippen molar-refractivity contribution in [3.05, 3.63) is 0 Å². The van der Waals surface area contributed by atoms with Crippen molar-refractivity contribution in [3.8, 4) is 0 Å². The van der Waals surface area contributed by atoms with E-state index in [9.17, 15) is 4.79 Å². The van der Waals surface area contributed by atoms with Gasteiger partial charge in [0.25, 0.3) is 0 Å². The molecule has 0 fully saturated rings. The lowest BCUT2D eigenvalue weighted by molar-refractivity contribution is -0.137. The van der Waals surface area contributed by atoms with Crippen molar-refractivity contribution < 1.29 is 20.1 Å². The van der Waals surface area contributed by atoms with Crippen LogP contribution in [-0.4, -0.2) is 39.2 Å². The summed E-state index contributed by atoms with van der Waals surface area (Å²) >= 11 is 3.65. The minimum absolute atomic E-state index is 0.0328. The van der Waals surface area contributed by atoms with Gasteiger partial charge in [0, 0.05) is 0 Å². The lowest BCUT2D eigenvalue weighted by Crippen LogP contribution is -2.23. The maximum absolute atomic E-state index is 10.1. The second-order valence-electron chi connectivity index (χ2n) is 1.93. The quantitative estimate of drug-likeness (QED) is 0.409. The van der Waals surface area contributed by atoms with Gasteiger partial charge < -0.3 is 15.3 Å². The van der Waals surface area contributed by atoms with Crippen molar-refractivity contribution in [1.29, 1.82) is 0 Å². The number of carboxylic acid groups (broad SMARTS) is 1. The van der Waals surface area contributed by atoms with Gasteiger partial charge in [0.1, 0.15) is 5.25 Å². The normalized spacial score (nSPS) is 16.3. The summed E-state index contributed by atoms with van der Waals surface area (Å²) in [5.41, 5.74) is 0. The van der Waals surface area contributed by atoms with E-state index in [1.54, 1.807) is 0 Å². The molecule has 60 valence electrons. The van der Waals surface area contributed by atoms with Gasteiger partial charge in [-0.1, -0.05) is 0 Å². The smallest absolute Gasteiger partial charge is 0.316 e. The summed E-state index contributed by atoms with van der Waals surface area (Å²) in [5.74, 6) is -1.09. The van der Waals surface area contributed by atoms with Crippen LogP contribution in [0.15, 0.2) is 0 Å². The first-order valence-corrected chi connectivity index (χ1v) is 3.29. The highest BCUT2D eigenvalue weighted by Crippen LogP contribution is 2.04. The molecule has 10 heavy (non-hydrogen) atoms. The fraction of sp³-hybridized carbons (Fsp3) is 0.800. The van der Waals surface area contributed by atoms with Gasteiger partial charge >= 0.3 is 5.97 Å². The maximum atomic E-state index is 10.1. The Bertz CT molecular complexity index is 116. The molecule has 3 N–H and O–H groups in total. The van der Waals surface area contributed by atoms with Crippen molar-refractivity contribution in [2.24, 2.45) is 0 Å². The van der Waals surface area contributed by atoms with E-state index < -0.39 is 23.9 Å². The van der Waals surface area contributed by atoms with E-state index in [0.29, 0.717) is 0 Å². The van der Waals surface area contributed by atoms with Gasteiger partial charge in [-0.3, -0.25) is 4.79 Å². The number of aliphatic hydroxyl groups excluding tert-OH is 2. The second kappa shape index (κ2) is 4.54. The summed E-state index contributed by atoms with van der Waals surface area (Å²) in [6.07, 6.45) is -1.02. The number of rotatable bonds is 4. The van der Waals surface area contributed by atoms with Crippen LogP contribution >= 0.6 is 12.6 Å². The molecule has 4 nitrogen and oxygen atoms in total. The molecule has 0 aliphatic heterocycles. The van der Waals surface area contributed by atoms with Gasteiger partial charge in [-0.2, -0.15) is 12.6 Å². The fourth-order valence-corrected chi connectivity index (χ4v) is 0.676. The summed E-state index contributed by atoms with van der Waals surface area (Å²) in [4.78, 5) is 10.1. The Morgan fingerprint density at radius 3 is 2.40 bits per heavy atom. The molecule has 0 spiro atoms. The first-order chi connectivity index (χ1) is 4.57. The number of carbonyl (C=O) groups is 1. The van der Waals surface area contributed by atoms with Gasteiger partial charge in [-0.25, -0.2) is 0 Å². The molecule has 0 heterocycles. The van der Waals surface area contributed by atoms with Crippen molar-refractivity contribution >= 4 is 18.6 Å². The van der Waals surface area contributed by atoms with Gasteiger partial charge in [0.2, 0.25) is 0 Å². The Hall–Kier alpha value is -0.260. The molecule has 0 aliphatic carbocycles. The Balaban J connectivity index is 3.56. The van der Waals surface area contributed by atoms with E-state index in [1.807, 2.05) is 0 Å². The molecule has 0 saturated heterocycles. The zero-order chi connectivity index (χ0) is 8.15. The van der Waals surface area contributed by atoms with Crippen LogP contribution in [0.2, 0.25) is 0 Å². The highest BCUT2D eigenvalue weighted by molar-refractivity contribution is 7.81. The molecule has 2 unspecified atom stereocenters. The molecule has 0 bridgehead atoms. The monoisotopic (exact) mass is 166 g/mol. The Kier molecular flexibility index (Phi) is 4.42. The van der Waals surface area contributed by atoms with E-state index in [1.165, 1.54) is 0 Å². The van der Waals surface area contributed by atoms with Gasteiger partial charge in [0.15, 0.2) is 0 Å². The number of aliphatic carboxylic acids is 1.